The van der Waals surface area contributed by atoms with Gasteiger partial charge in [0.1, 0.15) is 5.75 Å². The van der Waals surface area contributed by atoms with E-state index in [1.807, 2.05) is 6.07 Å². The lowest BCUT2D eigenvalue weighted by Gasteiger charge is -2.30. The van der Waals surface area contributed by atoms with Gasteiger partial charge in [-0.15, -0.1) is 23.7 Å². The van der Waals surface area contributed by atoms with Gasteiger partial charge in [0.15, 0.2) is 6.61 Å². The summed E-state index contributed by atoms with van der Waals surface area (Å²) in [5, 5.41) is 5.74. The van der Waals surface area contributed by atoms with Gasteiger partial charge in [-0.25, -0.2) is 0 Å². The molecule has 7 heteroatoms. The fraction of sp³-hybridized carbons (Fsp3) is 0.450. The van der Waals surface area contributed by atoms with E-state index in [4.69, 9.17) is 16.3 Å². The van der Waals surface area contributed by atoms with Gasteiger partial charge >= 0.3 is 0 Å². The summed E-state index contributed by atoms with van der Waals surface area (Å²) in [4.78, 5) is 16.1. The van der Waals surface area contributed by atoms with Crippen molar-refractivity contribution in [2.24, 2.45) is 0 Å². The first-order valence-electron chi connectivity index (χ1n) is 9.15. The third-order valence-corrected chi connectivity index (χ3v) is 5.82. The van der Waals surface area contributed by atoms with Crippen molar-refractivity contribution in [2.75, 3.05) is 26.2 Å². The van der Waals surface area contributed by atoms with Crippen LogP contribution in [0.5, 0.6) is 5.75 Å². The molecule has 1 aliphatic rings. The second-order valence-electron chi connectivity index (χ2n) is 6.53. The van der Waals surface area contributed by atoms with Crippen LogP contribution >= 0.6 is 35.3 Å². The van der Waals surface area contributed by atoms with Crippen LogP contribution in [0.3, 0.4) is 0 Å². The minimum absolute atomic E-state index is 0. The van der Waals surface area contributed by atoms with Crippen LogP contribution in [0, 0.1) is 0 Å². The molecule has 1 aromatic carbocycles. The monoisotopic (exact) mass is 428 g/mol. The predicted molar refractivity (Wildman–Crippen MR) is 114 cm³/mol. The number of likely N-dealkylation sites (tertiary alicyclic amines) is 1. The molecule has 148 valence electrons. The van der Waals surface area contributed by atoms with E-state index < -0.39 is 0 Å². The van der Waals surface area contributed by atoms with Crippen LogP contribution in [-0.4, -0.2) is 37.0 Å². The summed E-state index contributed by atoms with van der Waals surface area (Å²) in [6, 6.07) is 11.6. The summed E-state index contributed by atoms with van der Waals surface area (Å²) in [5.41, 5.74) is 0. The van der Waals surface area contributed by atoms with Crippen molar-refractivity contribution in [1.82, 2.24) is 10.2 Å². The largest absolute Gasteiger partial charge is 0.484 e. The highest BCUT2D eigenvalue weighted by Crippen LogP contribution is 2.27. The number of benzene rings is 1. The molecule has 3 rings (SSSR count). The average molecular weight is 429 g/mol. The van der Waals surface area contributed by atoms with Gasteiger partial charge in [0.2, 0.25) is 0 Å². The third-order valence-electron chi connectivity index (χ3n) is 4.61. The summed E-state index contributed by atoms with van der Waals surface area (Å²) in [5.74, 6) is 0.497. The van der Waals surface area contributed by atoms with E-state index in [0.717, 1.165) is 13.1 Å². The number of carbonyl (C=O) groups is 1. The Kier molecular flexibility index (Phi) is 9.42. The van der Waals surface area contributed by atoms with Crippen molar-refractivity contribution in [3.8, 4) is 5.75 Å². The second kappa shape index (κ2) is 11.5. The van der Waals surface area contributed by atoms with Crippen molar-refractivity contribution < 1.29 is 9.53 Å². The molecule has 1 saturated heterocycles. The lowest BCUT2D eigenvalue weighted by atomic mass is 10.2. The smallest absolute Gasteiger partial charge is 0.258 e. The molecule has 0 radical (unpaired) electrons. The zero-order chi connectivity index (χ0) is 18.2. The van der Waals surface area contributed by atoms with Crippen LogP contribution in [0.15, 0.2) is 41.8 Å². The van der Waals surface area contributed by atoms with Crippen LogP contribution in [0.1, 0.15) is 36.6 Å². The summed E-state index contributed by atoms with van der Waals surface area (Å²) in [6.45, 7) is 2.80. The number of thiophene rings is 1. The van der Waals surface area contributed by atoms with E-state index in [9.17, 15) is 4.79 Å². The predicted octanol–water partition coefficient (Wildman–Crippen LogP) is 4.94. The van der Waals surface area contributed by atoms with Gasteiger partial charge in [-0.05, 0) is 55.6 Å². The molecule has 0 bridgehead atoms. The molecule has 1 fully saturated rings. The second-order valence-corrected chi connectivity index (χ2v) is 7.95. The van der Waals surface area contributed by atoms with Crippen LogP contribution in [0.4, 0.5) is 0 Å². The molecular formula is C20H26Cl2N2O2S. The highest BCUT2D eigenvalue weighted by atomic mass is 35.5. The van der Waals surface area contributed by atoms with Gasteiger partial charge in [-0.1, -0.05) is 36.6 Å². The van der Waals surface area contributed by atoms with Crippen molar-refractivity contribution in [3.05, 3.63) is 51.7 Å². The molecule has 2 aromatic rings. The Morgan fingerprint density at radius 3 is 2.63 bits per heavy atom. The summed E-state index contributed by atoms with van der Waals surface area (Å²) in [6.07, 6.45) is 5.06. The standard InChI is InChI=1S/C20H25ClN2O2S.ClH/c21-16-7-5-8-17(13-16)25-15-20(24)22-14-18(19-9-6-12-26-19)23-10-3-1-2-4-11-23;/h5-9,12-13,18H,1-4,10-11,14-15H2,(H,22,24);1H. The Labute approximate surface area is 176 Å². The van der Waals surface area contributed by atoms with Crippen molar-refractivity contribution in [2.45, 2.75) is 31.7 Å². The highest BCUT2D eigenvalue weighted by molar-refractivity contribution is 7.10. The zero-order valence-electron chi connectivity index (χ0n) is 15.2. The van der Waals surface area contributed by atoms with Gasteiger partial charge < -0.3 is 10.1 Å². The molecular weight excluding hydrogens is 403 g/mol. The number of carbonyl (C=O) groups excluding carboxylic acids is 1. The minimum Gasteiger partial charge on any atom is -0.484 e. The van der Waals surface area contributed by atoms with E-state index in [1.165, 1.54) is 30.6 Å². The maximum Gasteiger partial charge on any atom is 0.258 e. The van der Waals surface area contributed by atoms with E-state index >= 15 is 0 Å². The van der Waals surface area contributed by atoms with Crippen LogP contribution < -0.4 is 10.1 Å². The van der Waals surface area contributed by atoms with Gasteiger partial charge in [0.05, 0.1) is 6.04 Å². The van der Waals surface area contributed by atoms with Crippen LogP contribution in [0.25, 0.3) is 0 Å². The topological polar surface area (TPSA) is 41.6 Å². The molecule has 4 nitrogen and oxygen atoms in total. The van der Waals surface area contributed by atoms with Gasteiger partial charge in [-0.2, -0.15) is 0 Å². The minimum atomic E-state index is -0.110. The fourth-order valence-corrected chi connectivity index (χ4v) is 4.31. The Hall–Kier alpha value is -1.27. The quantitative estimate of drug-likeness (QED) is 0.678. The van der Waals surface area contributed by atoms with E-state index in [2.05, 4.69) is 27.7 Å². The summed E-state index contributed by atoms with van der Waals surface area (Å²) < 4.78 is 5.53. The molecule has 2 heterocycles. The number of rotatable bonds is 7. The van der Waals surface area contributed by atoms with E-state index in [-0.39, 0.29) is 31.0 Å². The molecule has 1 atom stereocenters. The Bertz CT molecular complexity index is 689. The first kappa shape index (κ1) is 22.0. The van der Waals surface area contributed by atoms with Gasteiger partial charge in [-0.3, -0.25) is 9.69 Å². The number of ether oxygens (including phenoxy) is 1. The summed E-state index contributed by atoms with van der Waals surface area (Å²) >= 11 is 7.69. The maximum atomic E-state index is 12.2. The third kappa shape index (κ3) is 7.00. The molecule has 1 amide bonds. The Balaban J connectivity index is 0.00000261. The first-order chi connectivity index (χ1) is 12.7. The lowest BCUT2D eigenvalue weighted by molar-refractivity contribution is -0.123. The molecule has 0 aliphatic carbocycles. The molecule has 27 heavy (non-hydrogen) atoms. The Morgan fingerprint density at radius 2 is 1.96 bits per heavy atom. The summed E-state index contributed by atoms with van der Waals surface area (Å²) in [7, 11) is 0. The lowest BCUT2D eigenvalue weighted by Crippen LogP contribution is -2.39. The molecule has 1 N–H and O–H groups in total. The van der Waals surface area contributed by atoms with Gasteiger partial charge in [0, 0.05) is 16.4 Å². The van der Waals surface area contributed by atoms with Crippen LogP contribution in [0.2, 0.25) is 5.02 Å². The number of nitrogens with one attached hydrogen (secondary N) is 1. The van der Waals surface area contributed by atoms with Crippen LogP contribution in [-0.2, 0) is 4.79 Å². The zero-order valence-corrected chi connectivity index (χ0v) is 17.6. The molecule has 1 aromatic heterocycles. The highest BCUT2D eigenvalue weighted by Gasteiger charge is 2.23. The van der Waals surface area contributed by atoms with Gasteiger partial charge in [0.25, 0.3) is 5.91 Å². The molecule has 0 saturated carbocycles. The number of amides is 1. The Morgan fingerprint density at radius 1 is 1.19 bits per heavy atom. The first-order valence-corrected chi connectivity index (χ1v) is 10.4. The van der Waals surface area contributed by atoms with Crippen molar-refractivity contribution >= 4 is 41.3 Å². The normalized spacial score (nSPS) is 16.0. The molecule has 1 unspecified atom stereocenters. The maximum absolute atomic E-state index is 12.2. The van der Waals surface area contributed by atoms with E-state index in [1.54, 1.807) is 29.5 Å². The number of nitrogens with zero attached hydrogens (tertiary/aromatic N) is 1. The fourth-order valence-electron chi connectivity index (χ4n) is 3.26. The molecule has 1 aliphatic heterocycles. The SMILES string of the molecule is Cl.O=C(COc1cccc(Cl)c1)NCC(c1cccs1)N1CCCCCC1. The average Bonchev–Trinajstić information content (AvgIpc) is 3.03. The van der Waals surface area contributed by atoms with Crippen molar-refractivity contribution in [1.29, 1.82) is 0 Å². The number of halogens is 2. The van der Waals surface area contributed by atoms with Crippen molar-refractivity contribution in [3.63, 3.8) is 0 Å². The number of hydrogen-bond donors (Lipinski definition) is 1. The van der Waals surface area contributed by atoms with E-state index in [0.29, 0.717) is 17.3 Å². The molecule has 0 spiro atoms. The number of hydrogen-bond acceptors (Lipinski definition) is 4.